The number of carbonyl (C=O) groups excluding carboxylic acids is 1. The Morgan fingerprint density at radius 2 is 2.20 bits per heavy atom. The van der Waals surface area contributed by atoms with Gasteiger partial charge in [0.15, 0.2) is 0 Å². The Hall–Kier alpha value is -2.04. The predicted molar refractivity (Wildman–Crippen MR) is 78.0 cm³/mol. The number of nitrogens with one attached hydrogen (secondary N) is 1. The third kappa shape index (κ3) is 3.50. The lowest BCUT2D eigenvalue weighted by molar-refractivity contribution is -0.137. The summed E-state index contributed by atoms with van der Waals surface area (Å²) >= 11 is 0. The van der Waals surface area contributed by atoms with E-state index in [2.05, 4.69) is 5.32 Å². The first-order valence-corrected chi connectivity index (χ1v) is 6.95. The van der Waals surface area contributed by atoms with Crippen LogP contribution in [0.2, 0.25) is 0 Å². The molecule has 1 aliphatic heterocycles. The second-order valence-electron chi connectivity index (χ2n) is 5.14. The normalized spacial score (nSPS) is 16.2. The molecule has 5 heteroatoms. The molecule has 0 radical (unpaired) electrons. The minimum atomic E-state index is -0.790. The molecular weight excluding hydrogens is 256 g/mol. The monoisotopic (exact) mass is 276 g/mol. The van der Waals surface area contributed by atoms with Crippen molar-refractivity contribution in [3.05, 3.63) is 24.3 Å². The molecule has 1 saturated heterocycles. The van der Waals surface area contributed by atoms with E-state index in [9.17, 15) is 9.59 Å². The van der Waals surface area contributed by atoms with Gasteiger partial charge >= 0.3 is 5.97 Å². The molecule has 1 amide bonds. The Morgan fingerprint density at radius 3 is 2.85 bits per heavy atom. The molecule has 1 heterocycles. The Kier molecular flexibility index (Phi) is 4.61. The van der Waals surface area contributed by atoms with Gasteiger partial charge in [-0.25, -0.2) is 0 Å². The fourth-order valence-corrected chi connectivity index (χ4v) is 2.41. The molecule has 5 nitrogen and oxygen atoms in total. The zero-order valence-electron chi connectivity index (χ0n) is 11.6. The van der Waals surface area contributed by atoms with Crippen LogP contribution in [0.5, 0.6) is 0 Å². The van der Waals surface area contributed by atoms with Gasteiger partial charge in [0.1, 0.15) is 0 Å². The number of hydrogen-bond donors (Lipinski definition) is 2. The van der Waals surface area contributed by atoms with Gasteiger partial charge in [-0.15, -0.1) is 0 Å². The molecule has 0 saturated carbocycles. The maximum atomic E-state index is 11.8. The largest absolute Gasteiger partial charge is 0.481 e. The van der Waals surface area contributed by atoms with Crippen LogP contribution in [0.25, 0.3) is 0 Å². The molecular formula is C15H20N2O3. The minimum Gasteiger partial charge on any atom is -0.481 e. The average Bonchev–Trinajstić information content (AvgIpc) is 2.83. The first kappa shape index (κ1) is 14.4. The second-order valence-corrected chi connectivity index (χ2v) is 5.14. The molecule has 2 rings (SSSR count). The number of carboxylic acids is 1. The first-order chi connectivity index (χ1) is 9.58. The quantitative estimate of drug-likeness (QED) is 0.837. The van der Waals surface area contributed by atoms with Crippen molar-refractivity contribution in [2.24, 2.45) is 0 Å². The van der Waals surface area contributed by atoms with Crippen LogP contribution in [0.15, 0.2) is 24.3 Å². The number of para-hydroxylation sites is 2. The summed E-state index contributed by atoms with van der Waals surface area (Å²) in [6.45, 7) is 2.70. The highest BCUT2D eigenvalue weighted by Gasteiger charge is 2.23. The number of hydrogen-bond acceptors (Lipinski definition) is 3. The fraction of sp³-hybridized carbons (Fsp3) is 0.467. The number of carbonyl (C=O) groups is 2. The molecule has 20 heavy (non-hydrogen) atoms. The zero-order valence-corrected chi connectivity index (χ0v) is 11.6. The summed E-state index contributed by atoms with van der Waals surface area (Å²) in [7, 11) is 0. The molecule has 1 atom stereocenters. The molecule has 0 aliphatic carbocycles. The Morgan fingerprint density at radius 1 is 1.45 bits per heavy atom. The van der Waals surface area contributed by atoms with Crippen molar-refractivity contribution < 1.29 is 14.7 Å². The van der Waals surface area contributed by atoms with Crippen LogP contribution in [-0.4, -0.2) is 29.6 Å². The lowest BCUT2D eigenvalue weighted by atomic mass is 10.1. The van der Waals surface area contributed by atoms with E-state index >= 15 is 0 Å². The van der Waals surface area contributed by atoms with Gasteiger partial charge in [0.05, 0.1) is 11.4 Å². The second kappa shape index (κ2) is 6.41. The van der Waals surface area contributed by atoms with Gasteiger partial charge in [0.25, 0.3) is 0 Å². The van der Waals surface area contributed by atoms with Gasteiger partial charge in [-0.1, -0.05) is 12.1 Å². The van der Waals surface area contributed by atoms with E-state index < -0.39 is 5.97 Å². The number of rotatable bonds is 6. The summed E-state index contributed by atoms with van der Waals surface area (Å²) in [6, 6.07) is 7.72. The predicted octanol–water partition coefficient (Wildman–Crippen LogP) is 2.48. The van der Waals surface area contributed by atoms with Crippen molar-refractivity contribution in [3.63, 3.8) is 0 Å². The molecule has 1 fully saturated rings. The first-order valence-electron chi connectivity index (χ1n) is 6.95. The van der Waals surface area contributed by atoms with E-state index in [0.29, 0.717) is 12.8 Å². The van der Waals surface area contributed by atoms with Crippen LogP contribution >= 0.6 is 0 Å². The third-order valence-corrected chi connectivity index (χ3v) is 3.46. The summed E-state index contributed by atoms with van der Waals surface area (Å²) in [5, 5.41) is 12.0. The van der Waals surface area contributed by atoms with Gasteiger partial charge in [-0.3, -0.25) is 9.59 Å². The lowest BCUT2D eigenvalue weighted by Crippen LogP contribution is -2.26. The molecule has 0 aromatic heterocycles. The Bertz CT molecular complexity index is 502. The molecule has 1 aromatic rings. The summed E-state index contributed by atoms with van der Waals surface area (Å²) in [5.41, 5.74) is 1.78. The maximum absolute atomic E-state index is 11.8. The van der Waals surface area contributed by atoms with Gasteiger partial charge in [-0.2, -0.15) is 0 Å². The third-order valence-electron chi connectivity index (χ3n) is 3.46. The van der Waals surface area contributed by atoms with Crippen LogP contribution in [0.4, 0.5) is 11.4 Å². The SMILES string of the molecule is CC(CCC(=O)O)Nc1ccccc1N1CCCC1=O. The smallest absolute Gasteiger partial charge is 0.303 e. The van der Waals surface area contributed by atoms with E-state index in [0.717, 1.165) is 24.3 Å². The summed E-state index contributed by atoms with van der Waals surface area (Å²) in [4.78, 5) is 24.2. The number of nitrogens with zero attached hydrogens (tertiary/aromatic N) is 1. The maximum Gasteiger partial charge on any atom is 0.303 e. The fourth-order valence-electron chi connectivity index (χ4n) is 2.41. The van der Waals surface area contributed by atoms with Crippen LogP contribution in [0.1, 0.15) is 32.6 Å². The van der Waals surface area contributed by atoms with Gasteiger partial charge in [-0.05, 0) is 31.9 Å². The van der Waals surface area contributed by atoms with Crippen LogP contribution in [0, 0.1) is 0 Å². The minimum absolute atomic E-state index is 0.0463. The topological polar surface area (TPSA) is 69.6 Å². The summed E-state index contributed by atoms with van der Waals surface area (Å²) < 4.78 is 0. The van der Waals surface area contributed by atoms with Crippen molar-refractivity contribution in [1.82, 2.24) is 0 Å². The van der Waals surface area contributed by atoms with Gasteiger partial charge < -0.3 is 15.3 Å². The summed E-state index contributed by atoms with van der Waals surface area (Å²) in [5.74, 6) is -0.640. The van der Waals surface area contributed by atoms with E-state index in [1.807, 2.05) is 31.2 Å². The van der Waals surface area contributed by atoms with Crippen LogP contribution < -0.4 is 10.2 Å². The van der Waals surface area contributed by atoms with Crippen molar-refractivity contribution in [1.29, 1.82) is 0 Å². The highest BCUT2D eigenvalue weighted by atomic mass is 16.4. The lowest BCUT2D eigenvalue weighted by Gasteiger charge is -2.23. The van der Waals surface area contributed by atoms with Gasteiger partial charge in [0, 0.05) is 25.4 Å². The highest BCUT2D eigenvalue weighted by molar-refractivity contribution is 5.98. The van der Waals surface area contributed by atoms with E-state index in [1.165, 1.54) is 0 Å². The van der Waals surface area contributed by atoms with Crippen molar-refractivity contribution in [2.45, 2.75) is 38.6 Å². The Balaban J connectivity index is 2.08. The number of anilines is 2. The molecule has 1 aliphatic rings. The zero-order chi connectivity index (χ0) is 14.5. The molecule has 1 unspecified atom stereocenters. The molecule has 2 N–H and O–H groups in total. The highest BCUT2D eigenvalue weighted by Crippen LogP contribution is 2.30. The van der Waals surface area contributed by atoms with Gasteiger partial charge in [0.2, 0.25) is 5.91 Å². The van der Waals surface area contributed by atoms with Crippen LogP contribution in [-0.2, 0) is 9.59 Å². The average molecular weight is 276 g/mol. The molecule has 108 valence electrons. The van der Waals surface area contributed by atoms with Crippen LogP contribution in [0.3, 0.4) is 0 Å². The number of aliphatic carboxylic acids is 1. The van der Waals surface area contributed by atoms with Crippen molar-refractivity contribution in [3.8, 4) is 0 Å². The number of carboxylic acid groups (broad SMARTS) is 1. The molecule has 0 spiro atoms. The van der Waals surface area contributed by atoms with Crippen molar-refractivity contribution in [2.75, 3.05) is 16.8 Å². The van der Waals surface area contributed by atoms with E-state index in [4.69, 9.17) is 5.11 Å². The number of amides is 1. The van der Waals surface area contributed by atoms with E-state index in [1.54, 1.807) is 4.90 Å². The van der Waals surface area contributed by atoms with E-state index in [-0.39, 0.29) is 18.4 Å². The standard InChI is InChI=1S/C15H20N2O3/c1-11(8-9-15(19)20)16-12-5-2-3-6-13(12)17-10-4-7-14(17)18/h2-3,5-6,11,16H,4,7-10H2,1H3,(H,19,20). The molecule has 0 bridgehead atoms. The van der Waals surface area contributed by atoms with Crippen molar-refractivity contribution >= 4 is 23.3 Å². The Labute approximate surface area is 118 Å². The number of benzene rings is 1. The summed E-state index contributed by atoms with van der Waals surface area (Å²) in [6.07, 6.45) is 2.18. The molecule has 1 aromatic carbocycles.